The highest BCUT2D eigenvalue weighted by molar-refractivity contribution is 7.08. The van der Waals surface area contributed by atoms with E-state index in [1.54, 1.807) is 11.3 Å². The quantitative estimate of drug-likeness (QED) is 0.854. The summed E-state index contributed by atoms with van der Waals surface area (Å²) in [6.45, 7) is 6.66. The molecule has 1 aromatic heterocycles. The number of benzene rings is 1. The van der Waals surface area contributed by atoms with Gasteiger partial charge in [0, 0.05) is 0 Å². The van der Waals surface area contributed by atoms with Gasteiger partial charge in [0.1, 0.15) is 0 Å². The maximum atomic E-state index is 6.51. The summed E-state index contributed by atoms with van der Waals surface area (Å²) in [5.74, 6) is 0. The number of thiophene rings is 1. The fraction of sp³-hybridized carbons (Fsp3) is 0.412. The predicted molar refractivity (Wildman–Crippen MR) is 84.9 cm³/mol. The highest BCUT2D eigenvalue weighted by Gasteiger charge is 2.17. The fourth-order valence-electron chi connectivity index (χ4n) is 2.66. The molecule has 0 bridgehead atoms. The Morgan fingerprint density at radius 2 is 1.68 bits per heavy atom. The number of hydrogen-bond acceptors (Lipinski definition) is 2. The summed E-state index contributed by atoms with van der Waals surface area (Å²) >= 11 is 1.72. The summed E-state index contributed by atoms with van der Waals surface area (Å²) in [7, 11) is 0. The van der Waals surface area contributed by atoms with Crippen LogP contribution in [0, 0.1) is 0 Å². The van der Waals surface area contributed by atoms with Gasteiger partial charge in [0.05, 0.1) is 6.04 Å². The molecule has 0 aliphatic rings. The highest BCUT2D eigenvalue weighted by Crippen LogP contribution is 2.30. The molecule has 2 heteroatoms. The normalized spacial score (nSPS) is 12.6. The van der Waals surface area contributed by atoms with Crippen LogP contribution in [0.15, 0.2) is 29.0 Å². The molecule has 0 saturated carbocycles. The number of aryl methyl sites for hydroxylation is 3. The lowest BCUT2D eigenvalue weighted by Crippen LogP contribution is -2.16. The predicted octanol–water partition coefficient (Wildman–Crippen LogP) is 4.48. The molecule has 0 fully saturated rings. The Balaban J connectivity index is 2.54. The van der Waals surface area contributed by atoms with Crippen molar-refractivity contribution in [3.05, 3.63) is 56.8 Å². The van der Waals surface area contributed by atoms with Crippen LogP contribution in [0.2, 0.25) is 0 Å². The van der Waals surface area contributed by atoms with E-state index < -0.39 is 0 Å². The molecule has 1 unspecified atom stereocenters. The first-order valence-corrected chi connectivity index (χ1v) is 8.07. The largest absolute Gasteiger partial charge is 0.320 e. The summed E-state index contributed by atoms with van der Waals surface area (Å²) in [6.07, 6.45) is 3.19. The topological polar surface area (TPSA) is 26.0 Å². The van der Waals surface area contributed by atoms with E-state index in [2.05, 4.69) is 49.7 Å². The van der Waals surface area contributed by atoms with Crippen LogP contribution >= 0.6 is 11.3 Å². The Labute approximate surface area is 120 Å². The molecule has 1 atom stereocenters. The zero-order valence-corrected chi connectivity index (χ0v) is 12.9. The van der Waals surface area contributed by atoms with Crippen molar-refractivity contribution in [2.75, 3.05) is 0 Å². The second-order valence-corrected chi connectivity index (χ2v) is 5.70. The van der Waals surface area contributed by atoms with E-state index in [4.69, 9.17) is 5.73 Å². The summed E-state index contributed by atoms with van der Waals surface area (Å²) in [4.78, 5) is 0. The summed E-state index contributed by atoms with van der Waals surface area (Å²) < 4.78 is 0. The molecule has 1 nitrogen and oxygen atoms in total. The van der Waals surface area contributed by atoms with E-state index in [9.17, 15) is 0 Å². The van der Waals surface area contributed by atoms with Gasteiger partial charge in [-0.15, -0.1) is 0 Å². The minimum atomic E-state index is 0.0158. The van der Waals surface area contributed by atoms with Crippen LogP contribution < -0.4 is 5.73 Å². The lowest BCUT2D eigenvalue weighted by Gasteiger charge is -2.20. The molecule has 0 radical (unpaired) electrons. The van der Waals surface area contributed by atoms with E-state index in [0.717, 1.165) is 19.3 Å². The third kappa shape index (κ3) is 2.90. The first kappa shape index (κ1) is 14.3. The van der Waals surface area contributed by atoms with Crippen molar-refractivity contribution in [1.29, 1.82) is 0 Å². The van der Waals surface area contributed by atoms with Crippen molar-refractivity contribution in [3.63, 3.8) is 0 Å². The van der Waals surface area contributed by atoms with Crippen LogP contribution in [-0.2, 0) is 19.3 Å². The second kappa shape index (κ2) is 6.36. The average Bonchev–Trinajstić information content (AvgIpc) is 2.99. The Bertz CT molecular complexity index is 503. The highest BCUT2D eigenvalue weighted by atomic mass is 32.1. The second-order valence-electron chi connectivity index (χ2n) is 4.92. The molecular weight excluding hydrogens is 250 g/mol. The first-order chi connectivity index (χ1) is 9.21. The van der Waals surface area contributed by atoms with Gasteiger partial charge in [-0.05, 0) is 63.9 Å². The molecule has 2 N–H and O–H groups in total. The van der Waals surface area contributed by atoms with Crippen LogP contribution in [-0.4, -0.2) is 0 Å². The molecule has 2 aromatic rings. The smallest absolute Gasteiger partial charge is 0.0565 e. The Kier molecular flexibility index (Phi) is 4.78. The molecule has 19 heavy (non-hydrogen) atoms. The Morgan fingerprint density at radius 1 is 1.05 bits per heavy atom. The lowest BCUT2D eigenvalue weighted by molar-refractivity contribution is 0.828. The van der Waals surface area contributed by atoms with Gasteiger partial charge in [-0.1, -0.05) is 32.9 Å². The van der Waals surface area contributed by atoms with Crippen molar-refractivity contribution < 1.29 is 0 Å². The van der Waals surface area contributed by atoms with Gasteiger partial charge < -0.3 is 5.73 Å². The zero-order valence-electron chi connectivity index (χ0n) is 12.1. The van der Waals surface area contributed by atoms with Crippen molar-refractivity contribution in [2.24, 2.45) is 5.73 Å². The molecule has 1 heterocycles. The molecule has 1 aromatic carbocycles. The van der Waals surface area contributed by atoms with Crippen LogP contribution in [0.3, 0.4) is 0 Å². The molecule has 0 amide bonds. The number of rotatable bonds is 5. The summed E-state index contributed by atoms with van der Waals surface area (Å²) in [6, 6.07) is 6.82. The van der Waals surface area contributed by atoms with Gasteiger partial charge in [-0.25, -0.2) is 0 Å². The minimum Gasteiger partial charge on any atom is -0.320 e. The molecule has 0 spiro atoms. The van der Waals surface area contributed by atoms with Crippen molar-refractivity contribution in [1.82, 2.24) is 0 Å². The van der Waals surface area contributed by atoms with E-state index in [0.29, 0.717) is 0 Å². The standard InChI is InChI=1S/C17H23NS/c1-4-12-9-13(5-2)16(14(6-3)10-12)17(18)15-7-8-19-11-15/h7-11,17H,4-6,18H2,1-3H3. The Hall–Kier alpha value is -1.12. The van der Waals surface area contributed by atoms with Gasteiger partial charge in [0.25, 0.3) is 0 Å². The van der Waals surface area contributed by atoms with Crippen molar-refractivity contribution >= 4 is 11.3 Å². The van der Waals surface area contributed by atoms with E-state index >= 15 is 0 Å². The third-order valence-electron chi connectivity index (χ3n) is 3.79. The van der Waals surface area contributed by atoms with Crippen molar-refractivity contribution in [2.45, 2.75) is 46.1 Å². The third-order valence-corrected chi connectivity index (χ3v) is 4.50. The summed E-state index contributed by atoms with van der Waals surface area (Å²) in [5, 5.41) is 4.27. The van der Waals surface area contributed by atoms with Crippen LogP contribution in [0.5, 0.6) is 0 Å². The Morgan fingerprint density at radius 3 is 2.11 bits per heavy atom. The fourth-order valence-corrected chi connectivity index (χ4v) is 3.35. The van der Waals surface area contributed by atoms with Gasteiger partial charge in [-0.3, -0.25) is 0 Å². The average molecular weight is 273 g/mol. The number of nitrogens with two attached hydrogens (primary N) is 1. The molecule has 2 rings (SSSR count). The monoisotopic (exact) mass is 273 g/mol. The van der Waals surface area contributed by atoms with Crippen molar-refractivity contribution in [3.8, 4) is 0 Å². The number of hydrogen-bond donors (Lipinski definition) is 1. The van der Waals surface area contributed by atoms with E-state index in [-0.39, 0.29) is 6.04 Å². The maximum Gasteiger partial charge on any atom is 0.0565 e. The lowest BCUT2D eigenvalue weighted by atomic mass is 9.87. The van der Waals surface area contributed by atoms with Gasteiger partial charge >= 0.3 is 0 Å². The van der Waals surface area contributed by atoms with E-state index in [1.807, 2.05) is 0 Å². The van der Waals surface area contributed by atoms with E-state index in [1.165, 1.54) is 27.8 Å². The maximum absolute atomic E-state index is 6.51. The molecule has 0 aliphatic heterocycles. The van der Waals surface area contributed by atoms with Gasteiger partial charge in [0.2, 0.25) is 0 Å². The zero-order chi connectivity index (χ0) is 13.8. The van der Waals surface area contributed by atoms with Crippen LogP contribution in [0.25, 0.3) is 0 Å². The molecule has 0 saturated heterocycles. The SMILES string of the molecule is CCc1cc(CC)c(C(N)c2ccsc2)c(CC)c1. The molecule has 0 aliphatic carbocycles. The molecular formula is C17H23NS. The first-order valence-electron chi connectivity index (χ1n) is 7.13. The van der Waals surface area contributed by atoms with Crippen LogP contribution in [0.4, 0.5) is 0 Å². The molecule has 102 valence electrons. The van der Waals surface area contributed by atoms with Crippen LogP contribution in [0.1, 0.15) is 54.6 Å². The van der Waals surface area contributed by atoms with Gasteiger partial charge in [-0.2, -0.15) is 11.3 Å². The van der Waals surface area contributed by atoms with Gasteiger partial charge in [0.15, 0.2) is 0 Å². The summed E-state index contributed by atoms with van der Waals surface area (Å²) in [5.41, 5.74) is 13.3. The minimum absolute atomic E-state index is 0.0158.